The molecule has 2 aromatic carbocycles. The average Bonchev–Trinajstić information content (AvgIpc) is 2.44. The predicted octanol–water partition coefficient (Wildman–Crippen LogP) is 3.85. The Hall–Kier alpha value is -2.55. The van der Waals surface area contributed by atoms with Crippen molar-refractivity contribution in [3.63, 3.8) is 0 Å². The third kappa shape index (κ3) is 3.96. The fourth-order valence-corrected chi connectivity index (χ4v) is 1.94. The third-order valence-electron chi connectivity index (χ3n) is 3.50. The van der Waals surface area contributed by atoms with Gasteiger partial charge < -0.3 is 11.1 Å². The smallest absolute Gasteiger partial charge is 0.248 e. The number of nitrogen functional groups attached to an aromatic ring is 1. The Labute approximate surface area is 125 Å². The molecule has 2 rings (SSSR count). The van der Waals surface area contributed by atoms with E-state index in [0.717, 1.165) is 28.1 Å². The summed E-state index contributed by atoms with van der Waals surface area (Å²) >= 11 is 0. The quantitative estimate of drug-likeness (QED) is 0.663. The highest BCUT2D eigenvalue weighted by molar-refractivity contribution is 6.02. The van der Waals surface area contributed by atoms with Crippen LogP contribution in [0.2, 0.25) is 0 Å². The summed E-state index contributed by atoms with van der Waals surface area (Å²) < 4.78 is 0. The number of carbonyl (C=O) groups excluding carboxylic acids is 1. The van der Waals surface area contributed by atoms with Crippen LogP contribution < -0.4 is 11.1 Å². The Morgan fingerprint density at radius 3 is 2.38 bits per heavy atom. The number of nitrogens with one attached hydrogen (secondary N) is 1. The van der Waals surface area contributed by atoms with Crippen molar-refractivity contribution in [2.75, 3.05) is 11.1 Å². The summed E-state index contributed by atoms with van der Waals surface area (Å²) in [5, 5.41) is 2.85. The molecule has 0 saturated carbocycles. The normalized spacial score (nSPS) is 10.8. The van der Waals surface area contributed by atoms with Gasteiger partial charge in [-0.25, -0.2) is 0 Å². The van der Waals surface area contributed by atoms with E-state index in [1.165, 1.54) is 11.6 Å². The van der Waals surface area contributed by atoms with Gasteiger partial charge in [0.2, 0.25) is 5.91 Å². The van der Waals surface area contributed by atoms with E-state index >= 15 is 0 Å². The maximum Gasteiger partial charge on any atom is 0.248 e. The van der Waals surface area contributed by atoms with Crippen LogP contribution in [0.1, 0.15) is 22.3 Å². The fourth-order valence-electron chi connectivity index (χ4n) is 1.94. The molecular formula is C18H20N2O. The van der Waals surface area contributed by atoms with Gasteiger partial charge in [-0.05, 0) is 67.3 Å². The van der Waals surface area contributed by atoms with Gasteiger partial charge in [0.1, 0.15) is 0 Å². The number of amides is 1. The monoisotopic (exact) mass is 280 g/mol. The van der Waals surface area contributed by atoms with E-state index in [-0.39, 0.29) is 5.91 Å². The summed E-state index contributed by atoms with van der Waals surface area (Å²) in [4.78, 5) is 11.9. The highest BCUT2D eigenvalue weighted by Crippen LogP contribution is 2.15. The van der Waals surface area contributed by atoms with Crippen LogP contribution in [0.3, 0.4) is 0 Å². The molecule has 0 aliphatic heterocycles. The zero-order valence-electron chi connectivity index (χ0n) is 12.6. The lowest BCUT2D eigenvalue weighted by Gasteiger charge is -2.05. The molecule has 0 aliphatic rings. The van der Waals surface area contributed by atoms with Crippen LogP contribution in [0.15, 0.2) is 42.5 Å². The predicted molar refractivity (Wildman–Crippen MR) is 89.2 cm³/mol. The van der Waals surface area contributed by atoms with Crippen LogP contribution in [-0.2, 0) is 4.79 Å². The number of anilines is 2. The standard InChI is InChI=1S/C18H20N2O/c1-12-5-8-16(10-14(12)3)20-18(21)9-7-15-6-4-13(2)17(19)11-15/h4-11H,19H2,1-3H3,(H,20,21)/b9-7+. The zero-order valence-corrected chi connectivity index (χ0v) is 12.6. The SMILES string of the molecule is Cc1ccc(NC(=O)/C=C/c2ccc(C)c(N)c2)cc1C. The third-order valence-corrected chi connectivity index (χ3v) is 3.50. The van der Waals surface area contributed by atoms with Gasteiger partial charge >= 0.3 is 0 Å². The molecule has 0 saturated heterocycles. The molecule has 3 N–H and O–H groups in total. The minimum Gasteiger partial charge on any atom is -0.398 e. The van der Waals surface area contributed by atoms with Gasteiger partial charge in [-0.15, -0.1) is 0 Å². The highest BCUT2D eigenvalue weighted by Gasteiger charge is 2.00. The second kappa shape index (κ2) is 6.27. The molecule has 0 aliphatic carbocycles. The Morgan fingerprint density at radius 1 is 1.00 bits per heavy atom. The van der Waals surface area contributed by atoms with Gasteiger partial charge in [0.05, 0.1) is 0 Å². The number of aryl methyl sites for hydroxylation is 3. The fraction of sp³-hybridized carbons (Fsp3) is 0.167. The van der Waals surface area contributed by atoms with E-state index in [0.29, 0.717) is 0 Å². The summed E-state index contributed by atoms with van der Waals surface area (Å²) in [5.41, 5.74) is 11.7. The summed E-state index contributed by atoms with van der Waals surface area (Å²) in [6, 6.07) is 11.6. The van der Waals surface area contributed by atoms with E-state index < -0.39 is 0 Å². The average molecular weight is 280 g/mol. The lowest BCUT2D eigenvalue weighted by Crippen LogP contribution is -2.07. The van der Waals surface area contributed by atoms with Gasteiger partial charge in [-0.3, -0.25) is 4.79 Å². The minimum absolute atomic E-state index is 0.155. The minimum atomic E-state index is -0.155. The van der Waals surface area contributed by atoms with Gasteiger partial charge in [-0.1, -0.05) is 18.2 Å². The van der Waals surface area contributed by atoms with E-state index in [2.05, 4.69) is 5.32 Å². The number of hydrogen-bond donors (Lipinski definition) is 2. The Balaban J connectivity index is 2.05. The molecule has 0 heterocycles. The summed E-state index contributed by atoms with van der Waals surface area (Å²) in [5.74, 6) is -0.155. The molecule has 3 heteroatoms. The Morgan fingerprint density at radius 2 is 1.71 bits per heavy atom. The molecule has 0 spiro atoms. The van der Waals surface area contributed by atoms with Gasteiger partial charge in [-0.2, -0.15) is 0 Å². The largest absolute Gasteiger partial charge is 0.398 e. The maximum atomic E-state index is 11.9. The zero-order chi connectivity index (χ0) is 15.4. The molecule has 0 fully saturated rings. The van der Waals surface area contributed by atoms with E-state index in [9.17, 15) is 4.79 Å². The first kappa shape index (κ1) is 14.9. The maximum absolute atomic E-state index is 11.9. The first-order valence-corrected chi connectivity index (χ1v) is 6.88. The lowest BCUT2D eigenvalue weighted by molar-refractivity contribution is -0.111. The van der Waals surface area contributed by atoms with Crippen LogP contribution >= 0.6 is 0 Å². The molecule has 108 valence electrons. The van der Waals surface area contributed by atoms with Crippen molar-refractivity contribution >= 4 is 23.4 Å². The van der Waals surface area contributed by atoms with Crippen LogP contribution in [0.5, 0.6) is 0 Å². The number of benzene rings is 2. The van der Waals surface area contributed by atoms with Crippen molar-refractivity contribution in [1.29, 1.82) is 0 Å². The number of nitrogens with two attached hydrogens (primary N) is 1. The van der Waals surface area contributed by atoms with Crippen molar-refractivity contribution in [3.05, 3.63) is 64.7 Å². The van der Waals surface area contributed by atoms with E-state index in [1.54, 1.807) is 6.08 Å². The first-order valence-electron chi connectivity index (χ1n) is 6.88. The summed E-state index contributed by atoms with van der Waals surface area (Å²) in [7, 11) is 0. The van der Waals surface area contributed by atoms with Crippen LogP contribution in [0, 0.1) is 20.8 Å². The molecule has 0 atom stereocenters. The molecule has 2 aromatic rings. The van der Waals surface area contributed by atoms with Crippen LogP contribution in [0.25, 0.3) is 6.08 Å². The molecule has 0 bridgehead atoms. The number of rotatable bonds is 3. The molecule has 21 heavy (non-hydrogen) atoms. The molecule has 0 radical (unpaired) electrons. The summed E-state index contributed by atoms with van der Waals surface area (Å²) in [6.45, 7) is 6.02. The van der Waals surface area contributed by atoms with Crippen LogP contribution in [-0.4, -0.2) is 5.91 Å². The van der Waals surface area contributed by atoms with E-state index in [1.807, 2.05) is 57.2 Å². The highest BCUT2D eigenvalue weighted by atomic mass is 16.1. The van der Waals surface area contributed by atoms with E-state index in [4.69, 9.17) is 5.73 Å². The number of hydrogen-bond acceptors (Lipinski definition) is 2. The van der Waals surface area contributed by atoms with Crippen molar-refractivity contribution in [2.24, 2.45) is 0 Å². The second-order valence-corrected chi connectivity index (χ2v) is 5.24. The Bertz CT molecular complexity index is 702. The van der Waals surface area contributed by atoms with Gasteiger partial charge in [0, 0.05) is 17.5 Å². The topological polar surface area (TPSA) is 55.1 Å². The molecule has 0 aromatic heterocycles. The molecular weight excluding hydrogens is 260 g/mol. The van der Waals surface area contributed by atoms with Gasteiger partial charge in [0.25, 0.3) is 0 Å². The second-order valence-electron chi connectivity index (χ2n) is 5.24. The van der Waals surface area contributed by atoms with Gasteiger partial charge in [0.15, 0.2) is 0 Å². The number of carbonyl (C=O) groups is 1. The molecule has 1 amide bonds. The van der Waals surface area contributed by atoms with Crippen molar-refractivity contribution in [1.82, 2.24) is 0 Å². The Kier molecular flexibility index (Phi) is 4.43. The van der Waals surface area contributed by atoms with Crippen molar-refractivity contribution in [2.45, 2.75) is 20.8 Å². The van der Waals surface area contributed by atoms with Crippen molar-refractivity contribution < 1.29 is 4.79 Å². The van der Waals surface area contributed by atoms with Crippen molar-refractivity contribution in [3.8, 4) is 0 Å². The molecule has 0 unspecified atom stereocenters. The van der Waals surface area contributed by atoms with Crippen LogP contribution in [0.4, 0.5) is 11.4 Å². The molecule has 3 nitrogen and oxygen atoms in total. The first-order chi connectivity index (χ1) is 9.95. The summed E-state index contributed by atoms with van der Waals surface area (Å²) in [6.07, 6.45) is 3.27. The lowest BCUT2D eigenvalue weighted by atomic mass is 10.1.